The largest absolute Gasteiger partial charge is 0.496 e. The monoisotopic (exact) mass is 316 g/mol. The molecule has 98 valence electrons. The van der Waals surface area contributed by atoms with Crippen LogP contribution in [-0.2, 0) is 4.79 Å². The Kier molecular flexibility index (Phi) is 5.30. The summed E-state index contributed by atoms with van der Waals surface area (Å²) in [5.41, 5.74) is 0.549. The van der Waals surface area contributed by atoms with Crippen LogP contribution < -0.4 is 4.74 Å². The van der Waals surface area contributed by atoms with E-state index >= 15 is 0 Å². The third-order valence-electron chi connectivity index (χ3n) is 2.41. The van der Waals surface area contributed by atoms with Gasteiger partial charge in [-0.15, -0.1) is 0 Å². The molecule has 1 rings (SSSR count). The number of rotatable bonds is 6. The van der Waals surface area contributed by atoms with E-state index in [4.69, 9.17) is 9.84 Å². The lowest BCUT2D eigenvalue weighted by molar-refractivity contribution is -0.147. The lowest BCUT2D eigenvalue weighted by Gasteiger charge is -2.12. The maximum atomic E-state index is 11.7. The number of benzene rings is 1. The predicted octanol–water partition coefficient (Wildman–Crippen LogP) is 1.78. The normalized spacial score (nSPS) is 11.9. The van der Waals surface area contributed by atoms with Gasteiger partial charge in [-0.05, 0) is 6.07 Å². The van der Waals surface area contributed by atoms with Gasteiger partial charge in [-0.1, -0.05) is 28.1 Å². The summed E-state index contributed by atoms with van der Waals surface area (Å²) in [6, 6.07) is 4.31. The predicted molar refractivity (Wildman–Crippen MR) is 68.3 cm³/mol. The number of methoxy groups -OCH3 is 1. The third-order valence-corrected chi connectivity index (χ3v) is 2.80. The number of carbonyl (C=O) groups is 2. The minimum atomic E-state index is -1.67. The number of hydrogen-bond acceptors (Lipinski definition) is 4. The van der Waals surface area contributed by atoms with Crippen LogP contribution >= 0.6 is 15.9 Å². The van der Waals surface area contributed by atoms with Crippen molar-refractivity contribution in [2.75, 3.05) is 12.4 Å². The van der Waals surface area contributed by atoms with Crippen molar-refractivity contribution in [3.8, 4) is 5.75 Å². The number of halogens is 1. The Morgan fingerprint density at radius 2 is 2.11 bits per heavy atom. The van der Waals surface area contributed by atoms with E-state index in [1.807, 2.05) is 0 Å². The van der Waals surface area contributed by atoms with E-state index < -0.39 is 12.1 Å². The van der Waals surface area contributed by atoms with Crippen LogP contribution in [0.5, 0.6) is 5.75 Å². The lowest BCUT2D eigenvalue weighted by atomic mass is 10.0. The summed E-state index contributed by atoms with van der Waals surface area (Å²) < 4.78 is 5.00. The van der Waals surface area contributed by atoms with Crippen molar-refractivity contribution >= 4 is 27.7 Å². The van der Waals surface area contributed by atoms with Gasteiger partial charge in [0, 0.05) is 22.9 Å². The Hall–Kier alpha value is -1.40. The highest BCUT2D eigenvalue weighted by Crippen LogP contribution is 2.27. The number of hydrogen-bond donors (Lipinski definition) is 2. The van der Waals surface area contributed by atoms with Crippen LogP contribution in [0.15, 0.2) is 18.2 Å². The van der Waals surface area contributed by atoms with Crippen LogP contribution in [0.25, 0.3) is 0 Å². The molecule has 0 aliphatic carbocycles. The molecule has 0 aromatic heterocycles. The van der Waals surface area contributed by atoms with Gasteiger partial charge >= 0.3 is 5.97 Å². The number of carboxylic acids is 1. The Balaban J connectivity index is 3.11. The second kappa shape index (κ2) is 6.51. The summed E-state index contributed by atoms with van der Waals surface area (Å²) in [5, 5.41) is 18.8. The van der Waals surface area contributed by atoms with E-state index in [-0.39, 0.29) is 17.1 Å². The highest BCUT2D eigenvalue weighted by atomic mass is 79.9. The molecule has 2 N–H and O–H groups in total. The Morgan fingerprint density at radius 3 is 2.61 bits per heavy atom. The fourth-order valence-corrected chi connectivity index (χ4v) is 1.83. The van der Waals surface area contributed by atoms with Crippen molar-refractivity contribution in [2.24, 2.45) is 0 Å². The van der Waals surface area contributed by atoms with Gasteiger partial charge in [0.1, 0.15) is 5.75 Å². The fraction of sp³-hybridized carbons (Fsp3) is 0.333. The molecule has 0 saturated heterocycles. The summed E-state index contributed by atoms with van der Waals surface area (Å²) in [6.07, 6.45) is -1.33. The first kappa shape index (κ1) is 14.7. The lowest BCUT2D eigenvalue weighted by Crippen LogP contribution is -2.12. The van der Waals surface area contributed by atoms with Crippen molar-refractivity contribution in [3.63, 3.8) is 0 Å². The summed E-state index contributed by atoms with van der Waals surface area (Å²) in [6.45, 7) is 0. The molecule has 6 heteroatoms. The van der Waals surface area contributed by atoms with Crippen LogP contribution in [0.2, 0.25) is 0 Å². The van der Waals surface area contributed by atoms with Crippen LogP contribution in [0, 0.1) is 0 Å². The average Bonchev–Trinajstić information content (AvgIpc) is 2.37. The zero-order valence-electron chi connectivity index (χ0n) is 9.72. The summed E-state index contributed by atoms with van der Waals surface area (Å²) in [4.78, 5) is 22.4. The molecule has 1 atom stereocenters. The molecule has 0 aliphatic heterocycles. The first-order valence-electron chi connectivity index (χ1n) is 5.19. The molecule has 0 amide bonds. The molecule has 0 saturated carbocycles. The van der Waals surface area contributed by atoms with Crippen molar-refractivity contribution < 1.29 is 24.5 Å². The van der Waals surface area contributed by atoms with E-state index in [0.717, 1.165) is 0 Å². The van der Waals surface area contributed by atoms with Gasteiger partial charge in [-0.3, -0.25) is 4.79 Å². The number of ether oxygens (including phenoxy) is 1. The van der Waals surface area contributed by atoms with Gasteiger partial charge in [0.2, 0.25) is 0 Å². The number of carboxylic acid groups (broad SMARTS) is 1. The highest BCUT2D eigenvalue weighted by Gasteiger charge is 2.21. The minimum absolute atomic E-state index is 0.0819. The van der Waals surface area contributed by atoms with Gasteiger partial charge in [0.05, 0.1) is 7.11 Å². The van der Waals surface area contributed by atoms with Gasteiger partial charge in [0.15, 0.2) is 11.9 Å². The molecule has 5 nitrogen and oxygen atoms in total. The topological polar surface area (TPSA) is 83.8 Å². The first-order valence-corrected chi connectivity index (χ1v) is 6.31. The summed E-state index contributed by atoms with van der Waals surface area (Å²) >= 11 is 3.17. The summed E-state index contributed by atoms with van der Waals surface area (Å²) in [5.74, 6) is -1.26. The van der Waals surface area contributed by atoms with Crippen molar-refractivity contribution in [1.82, 2.24) is 0 Å². The maximum Gasteiger partial charge on any atom is 0.337 e. The van der Waals surface area contributed by atoms with E-state index in [9.17, 15) is 14.7 Å². The fourth-order valence-electron chi connectivity index (χ4n) is 1.47. The van der Waals surface area contributed by atoms with Crippen molar-refractivity contribution in [1.29, 1.82) is 0 Å². The number of aliphatic hydroxyl groups is 1. The van der Waals surface area contributed by atoms with E-state index in [0.29, 0.717) is 17.3 Å². The maximum absolute atomic E-state index is 11.7. The first-order chi connectivity index (χ1) is 8.51. The quantitative estimate of drug-likeness (QED) is 0.617. The van der Waals surface area contributed by atoms with Gasteiger partial charge in [-0.2, -0.15) is 0 Å². The number of carbonyl (C=O) groups excluding carboxylic acids is 1. The molecule has 0 fully saturated rings. The molecule has 18 heavy (non-hydrogen) atoms. The molecular formula is C12H13BrO5. The average molecular weight is 317 g/mol. The van der Waals surface area contributed by atoms with Crippen molar-refractivity contribution in [3.05, 3.63) is 29.3 Å². The number of aliphatic carboxylic acids is 1. The number of aliphatic hydroxyl groups excluding tert-OH is 1. The molecular weight excluding hydrogens is 304 g/mol. The smallest absolute Gasteiger partial charge is 0.337 e. The third kappa shape index (κ3) is 3.30. The molecule has 1 aromatic rings. The SMILES string of the molecule is COc1cc(C(=O)CCBr)ccc1C(O)C(=O)O. The number of Topliss-reactive ketones (excluding diaryl/α,β-unsaturated/α-hetero) is 1. The van der Waals surface area contributed by atoms with Gasteiger partial charge in [-0.25, -0.2) is 4.79 Å². The Bertz CT molecular complexity index is 458. The van der Waals surface area contributed by atoms with Gasteiger partial charge < -0.3 is 14.9 Å². The number of alkyl halides is 1. The van der Waals surface area contributed by atoms with Crippen molar-refractivity contribution in [2.45, 2.75) is 12.5 Å². The summed E-state index contributed by atoms with van der Waals surface area (Å²) in [7, 11) is 1.35. The van der Waals surface area contributed by atoms with Crippen LogP contribution in [0.3, 0.4) is 0 Å². The highest BCUT2D eigenvalue weighted by molar-refractivity contribution is 9.09. The minimum Gasteiger partial charge on any atom is -0.496 e. The van der Waals surface area contributed by atoms with E-state index in [1.165, 1.54) is 25.3 Å². The standard InChI is InChI=1S/C12H13BrO5/c1-18-10-6-7(9(14)4-5-13)2-3-8(10)11(15)12(16)17/h2-3,6,11,15H,4-5H2,1H3,(H,16,17). The van der Waals surface area contributed by atoms with E-state index in [2.05, 4.69) is 15.9 Å². The van der Waals surface area contributed by atoms with E-state index in [1.54, 1.807) is 0 Å². The Labute approximate surface area is 113 Å². The molecule has 1 aromatic carbocycles. The van der Waals surface area contributed by atoms with Crippen LogP contribution in [0.1, 0.15) is 28.4 Å². The molecule has 0 heterocycles. The molecule has 0 radical (unpaired) electrons. The van der Waals surface area contributed by atoms with Crippen LogP contribution in [0.4, 0.5) is 0 Å². The molecule has 1 unspecified atom stereocenters. The second-order valence-electron chi connectivity index (χ2n) is 3.56. The molecule has 0 bridgehead atoms. The zero-order valence-corrected chi connectivity index (χ0v) is 11.3. The molecule has 0 aliphatic rings. The zero-order chi connectivity index (χ0) is 13.7. The number of ketones is 1. The Morgan fingerprint density at radius 1 is 1.44 bits per heavy atom. The van der Waals surface area contributed by atoms with Crippen LogP contribution in [-0.4, -0.2) is 34.4 Å². The molecule has 0 spiro atoms. The van der Waals surface area contributed by atoms with Gasteiger partial charge in [0.25, 0.3) is 0 Å². The second-order valence-corrected chi connectivity index (χ2v) is 4.35.